The first kappa shape index (κ1) is 13.7. The molecule has 11 heteroatoms. The van der Waals surface area contributed by atoms with Crippen molar-refractivity contribution in [2.45, 2.75) is 5.08 Å². The lowest BCUT2D eigenvalue weighted by Gasteiger charge is -2.32. The topological polar surface area (TPSA) is 151 Å². The van der Waals surface area contributed by atoms with Crippen LogP contribution in [0.2, 0.25) is 0 Å². The first-order valence-corrected chi connectivity index (χ1v) is 7.28. The minimum absolute atomic E-state index is 0.0995. The Labute approximate surface area is 90.7 Å². The Balaban J connectivity index is 3.01. The normalized spacial score (nSPS) is 17.7. The number of nitrogens with zero attached hydrogens (tertiary/aromatic N) is 1. The van der Waals surface area contributed by atoms with E-state index in [1.165, 1.54) is 12.4 Å². The van der Waals surface area contributed by atoms with Crippen LogP contribution in [-0.2, 0) is 9.13 Å². The van der Waals surface area contributed by atoms with Gasteiger partial charge in [0.2, 0.25) is 0 Å². The molecule has 0 saturated carbocycles. The van der Waals surface area contributed by atoms with Gasteiger partial charge in [-0.15, -0.1) is 0 Å². The van der Waals surface area contributed by atoms with Gasteiger partial charge in [0.15, 0.2) is 0 Å². The van der Waals surface area contributed by atoms with E-state index in [1.54, 1.807) is 0 Å². The van der Waals surface area contributed by atoms with Crippen LogP contribution < -0.4 is 5.32 Å². The lowest BCUT2D eigenvalue weighted by atomic mass is 10.6. The minimum Gasteiger partial charge on any atom is -0.373 e. The predicted octanol–water partition coefficient (Wildman–Crippen LogP) is -1.68. The Morgan fingerprint density at radius 3 is 2.06 bits per heavy atom. The molecule has 0 unspecified atom stereocenters. The minimum atomic E-state index is -5.37. The van der Waals surface area contributed by atoms with Crippen LogP contribution in [0.1, 0.15) is 0 Å². The standard InChI is InChI=1S/C5H12N2O7P2/c8-5(15(9,10)11,16(12,13)14)3-7-2-1-6-4-7/h1-2,6,8H,3-4H2,(H2,9,10,11)(H2,12,13,14). The lowest BCUT2D eigenvalue weighted by molar-refractivity contribution is 0.104. The molecule has 0 atom stereocenters. The molecule has 16 heavy (non-hydrogen) atoms. The summed E-state index contributed by atoms with van der Waals surface area (Å²) in [6, 6.07) is 0. The fourth-order valence-corrected chi connectivity index (χ4v) is 3.21. The van der Waals surface area contributed by atoms with Crippen molar-refractivity contribution in [2.75, 3.05) is 13.2 Å². The molecule has 0 bridgehead atoms. The summed E-state index contributed by atoms with van der Waals surface area (Å²) in [7, 11) is -10.7. The lowest BCUT2D eigenvalue weighted by Crippen LogP contribution is -2.41. The molecule has 1 aliphatic rings. The van der Waals surface area contributed by atoms with Gasteiger partial charge in [-0.1, -0.05) is 0 Å². The maximum Gasteiger partial charge on any atom is 0.371 e. The molecule has 0 aliphatic carbocycles. The van der Waals surface area contributed by atoms with E-state index in [9.17, 15) is 14.2 Å². The monoisotopic (exact) mass is 274 g/mol. The third-order valence-electron chi connectivity index (χ3n) is 2.05. The second-order valence-electron chi connectivity index (χ2n) is 3.29. The Morgan fingerprint density at radius 1 is 1.25 bits per heavy atom. The van der Waals surface area contributed by atoms with E-state index in [0.29, 0.717) is 0 Å². The number of aliphatic hydroxyl groups is 1. The van der Waals surface area contributed by atoms with Gasteiger partial charge in [0, 0.05) is 12.4 Å². The first-order chi connectivity index (χ1) is 7.08. The van der Waals surface area contributed by atoms with Gasteiger partial charge in [-0.25, -0.2) is 0 Å². The van der Waals surface area contributed by atoms with Crippen LogP contribution in [0.5, 0.6) is 0 Å². The van der Waals surface area contributed by atoms with Crippen LogP contribution >= 0.6 is 15.2 Å². The van der Waals surface area contributed by atoms with Crippen molar-refractivity contribution in [3.05, 3.63) is 12.4 Å². The number of hydrogen-bond donors (Lipinski definition) is 6. The van der Waals surface area contributed by atoms with E-state index in [-0.39, 0.29) is 6.67 Å². The van der Waals surface area contributed by atoms with E-state index in [0.717, 1.165) is 4.90 Å². The summed E-state index contributed by atoms with van der Waals surface area (Å²) in [5.74, 6) is 0. The third kappa shape index (κ3) is 2.46. The van der Waals surface area contributed by atoms with Gasteiger partial charge in [0.25, 0.3) is 5.08 Å². The molecule has 0 saturated heterocycles. The zero-order chi connectivity index (χ0) is 12.6. The predicted molar refractivity (Wildman–Crippen MR) is 52.9 cm³/mol. The highest BCUT2D eigenvalue weighted by molar-refractivity contribution is 7.72. The molecule has 0 spiro atoms. The van der Waals surface area contributed by atoms with E-state index >= 15 is 0 Å². The Morgan fingerprint density at radius 2 is 1.75 bits per heavy atom. The van der Waals surface area contributed by atoms with Crippen molar-refractivity contribution in [2.24, 2.45) is 0 Å². The number of nitrogens with one attached hydrogen (secondary N) is 1. The van der Waals surface area contributed by atoms with Gasteiger partial charge in [-0.2, -0.15) is 0 Å². The van der Waals surface area contributed by atoms with Gasteiger partial charge in [-0.05, 0) is 0 Å². The van der Waals surface area contributed by atoms with Crippen LogP contribution in [-0.4, -0.2) is 47.9 Å². The SMILES string of the molecule is O=P(O)(O)C(O)(CN1C=CNC1)P(=O)(O)O. The third-order valence-corrected chi connectivity index (χ3v) is 5.76. The summed E-state index contributed by atoms with van der Waals surface area (Å²) in [5, 5.41) is 8.75. The molecule has 0 aromatic carbocycles. The molecule has 94 valence electrons. The maximum absolute atomic E-state index is 11.0. The molecule has 0 amide bonds. The van der Waals surface area contributed by atoms with Crippen molar-refractivity contribution < 1.29 is 33.8 Å². The van der Waals surface area contributed by atoms with Gasteiger partial charge >= 0.3 is 15.2 Å². The van der Waals surface area contributed by atoms with Crippen molar-refractivity contribution in [3.63, 3.8) is 0 Å². The van der Waals surface area contributed by atoms with E-state index in [1.807, 2.05) is 0 Å². The van der Waals surface area contributed by atoms with Crippen molar-refractivity contribution in [1.82, 2.24) is 10.2 Å². The van der Waals surface area contributed by atoms with E-state index in [2.05, 4.69) is 5.32 Å². The number of hydrogen-bond acceptors (Lipinski definition) is 5. The Bertz CT molecular complexity index is 362. The molecule has 0 aromatic rings. The molecular weight excluding hydrogens is 262 g/mol. The summed E-state index contributed by atoms with van der Waals surface area (Å²) < 4.78 is 21.9. The summed E-state index contributed by atoms with van der Waals surface area (Å²) in [6.07, 6.45) is 2.73. The van der Waals surface area contributed by atoms with Crippen LogP contribution in [0, 0.1) is 0 Å². The molecule has 0 fully saturated rings. The zero-order valence-electron chi connectivity index (χ0n) is 7.96. The van der Waals surface area contributed by atoms with E-state index in [4.69, 9.17) is 19.6 Å². The highest BCUT2D eigenvalue weighted by Gasteiger charge is 2.60. The van der Waals surface area contributed by atoms with Gasteiger partial charge in [0.05, 0.1) is 13.2 Å². The molecule has 1 heterocycles. The molecular formula is C5H12N2O7P2. The van der Waals surface area contributed by atoms with Gasteiger partial charge < -0.3 is 34.9 Å². The molecule has 0 radical (unpaired) electrons. The van der Waals surface area contributed by atoms with Crippen LogP contribution in [0.4, 0.5) is 0 Å². The number of rotatable bonds is 4. The average Bonchev–Trinajstić information content (AvgIpc) is 2.52. The summed E-state index contributed by atoms with van der Waals surface area (Å²) >= 11 is 0. The Hall–Kier alpha value is -0.400. The smallest absolute Gasteiger partial charge is 0.371 e. The summed E-state index contributed by atoms with van der Waals surface area (Å²) in [6.45, 7) is -0.770. The van der Waals surface area contributed by atoms with Crippen LogP contribution in [0.15, 0.2) is 12.4 Å². The quantitative estimate of drug-likeness (QED) is 0.330. The molecule has 1 rings (SSSR count). The number of β-amino-alcohol motifs (C(OH)–C–C–N with tert-alkyl or cyclic N) is 1. The average molecular weight is 274 g/mol. The second kappa shape index (κ2) is 4.12. The zero-order valence-corrected chi connectivity index (χ0v) is 9.75. The first-order valence-electron chi connectivity index (χ1n) is 4.06. The van der Waals surface area contributed by atoms with Crippen molar-refractivity contribution >= 4 is 15.2 Å². The van der Waals surface area contributed by atoms with Crippen LogP contribution in [0.3, 0.4) is 0 Å². The summed E-state index contributed by atoms with van der Waals surface area (Å²) in [5.41, 5.74) is 0. The molecule has 6 N–H and O–H groups in total. The van der Waals surface area contributed by atoms with Gasteiger partial charge in [-0.3, -0.25) is 9.13 Å². The fourth-order valence-electron chi connectivity index (χ4n) is 1.12. The van der Waals surface area contributed by atoms with Crippen molar-refractivity contribution in [1.29, 1.82) is 0 Å². The molecule has 9 nitrogen and oxygen atoms in total. The van der Waals surface area contributed by atoms with Crippen molar-refractivity contribution in [3.8, 4) is 0 Å². The maximum atomic E-state index is 11.0. The highest BCUT2D eigenvalue weighted by Crippen LogP contribution is 2.67. The second-order valence-corrected chi connectivity index (χ2v) is 7.30. The highest BCUT2D eigenvalue weighted by atomic mass is 31.2. The molecule has 1 aliphatic heterocycles. The summed E-state index contributed by atoms with van der Waals surface area (Å²) in [4.78, 5) is 36.5. The molecule has 0 aromatic heterocycles. The van der Waals surface area contributed by atoms with Crippen LogP contribution in [0.25, 0.3) is 0 Å². The van der Waals surface area contributed by atoms with E-state index < -0.39 is 26.8 Å². The largest absolute Gasteiger partial charge is 0.373 e. The Kier molecular flexibility index (Phi) is 3.52. The van der Waals surface area contributed by atoms with Gasteiger partial charge in [0.1, 0.15) is 0 Å². The fraction of sp³-hybridized carbons (Fsp3) is 0.600.